The Balaban J connectivity index is 1.45. The van der Waals surface area contributed by atoms with Crippen LogP contribution in [0.3, 0.4) is 0 Å². The van der Waals surface area contributed by atoms with Crippen LogP contribution in [-0.2, 0) is 16.2 Å². The van der Waals surface area contributed by atoms with Crippen LogP contribution in [0, 0.1) is 6.92 Å². The van der Waals surface area contributed by atoms with Crippen molar-refractivity contribution in [1.29, 1.82) is 0 Å². The van der Waals surface area contributed by atoms with Crippen molar-refractivity contribution in [3.63, 3.8) is 0 Å². The maximum atomic E-state index is 10.3. The molecule has 0 saturated heterocycles. The molecule has 0 saturated carbocycles. The van der Waals surface area contributed by atoms with Crippen molar-refractivity contribution in [3.05, 3.63) is 118 Å². The molecule has 0 bridgehead atoms. The third-order valence-electron chi connectivity index (χ3n) is 10.2. The molecule has 4 nitrogen and oxygen atoms in total. The minimum absolute atomic E-state index is 0.0283. The minimum atomic E-state index is -1.28. The molecule has 10 rings (SSSR count). The summed E-state index contributed by atoms with van der Waals surface area (Å²) in [6.07, 6.45) is 0. The molecule has 0 atom stereocenters. The molecule has 4 heterocycles. The van der Waals surface area contributed by atoms with Gasteiger partial charge in [-0.15, -0.1) is 0 Å². The first-order valence-electron chi connectivity index (χ1n) is 24.5. The van der Waals surface area contributed by atoms with E-state index >= 15 is 0 Å². The number of ether oxygens (including phenoxy) is 1. The molecule has 5 heteroatoms. The maximum Gasteiger partial charge on any atom is 0.285 e. The van der Waals surface area contributed by atoms with E-state index in [1.54, 1.807) is 55.4 Å². The van der Waals surface area contributed by atoms with Gasteiger partial charge in [-0.2, -0.15) is 0 Å². The third kappa shape index (κ3) is 4.15. The SMILES string of the molecule is [2H]c1c([2H])c([2H])c2c(c1[2H])-c1oc3c(c1C2(C)C)B1c2c(c([2H])c(C)c([2H])c2N(c2c([2H])c([2H])c(C(C)(C)C)c([2H])c2[2H])c2c1c([2H])c1oc4c([2H])c(C(C)(C)C)c([2H])c([2H])c4c1c2[2H])O3. The molecule has 0 spiro atoms. The van der Waals surface area contributed by atoms with Crippen LogP contribution in [0.25, 0.3) is 33.3 Å². The second kappa shape index (κ2) is 9.79. The molecular formula is C46H42BNO3. The normalized spacial score (nSPS) is 19.5. The number of hydrogen-bond donors (Lipinski definition) is 0. The Labute approximate surface area is 321 Å². The largest absolute Gasteiger partial charge is 0.456 e. The van der Waals surface area contributed by atoms with Crippen molar-refractivity contribution in [2.45, 2.75) is 78.6 Å². The Bertz CT molecular complexity index is 3460. The zero-order chi connectivity index (χ0) is 48.4. The lowest BCUT2D eigenvalue weighted by molar-refractivity contribution is 0.355. The Morgan fingerprint density at radius 1 is 0.706 bits per heavy atom. The predicted molar refractivity (Wildman–Crippen MR) is 212 cm³/mol. The highest BCUT2D eigenvalue weighted by atomic mass is 16.6. The van der Waals surface area contributed by atoms with Crippen LogP contribution in [0.15, 0.2) is 99.5 Å². The van der Waals surface area contributed by atoms with Crippen LogP contribution in [0.4, 0.5) is 17.1 Å². The monoisotopic (exact) mass is 682 g/mol. The smallest absolute Gasteiger partial charge is 0.285 e. The van der Waals surface area contributed by atoms with Gasteiger partial charge in [0.15, 0.2) is 0 Å². The molecule has 7 aromatic rings. The Morgan fingerprint density at radius 2 is 1.41 bits per heavy atom. The molecule has 0 amide bonds. The fourth-order valence-corrected chi connectivity index (χ4v) is 7.68. The van der Waals surface area contributed by atoms with Crippen molar-refractivity contribution < 1.29 is 34.1 Å². The van der Waals surface area contributed by atoms with Gasteiger partial charge in [-0.25, -0.2) is 0 Å². The lowest BCUT2D eigenvalue weighted by atomic mass is 9.33. The van der Waals surface area contributed by atoms with E-state index in [-0.39, 0.29) is 161 Å². The number of nitrogens with zero attached hydrogens (tertiary/aromatic N) is 1. The molecule has 0 unspecified atom stereocenters. The summed E-state index contributed by atoms with van der Waals surface area (Å²) in [4.78, 5) is 1.25. The van der Waals surface area contributed by atoms with Crippen LogP contribution in [0.5, 0.6) is 11.7 Å². The molecule has 0 N–H and O–H groups in total. The van der Waals surface area contributed by atoms with Gasteiger partial charge in [-0.05, 0) is 93.2 Å². The summed E-state index contributed by atoms with van der Waals surface area (Å²) in [5, 5.41) is -0.221. The van der Waals surface area contributed by atoms with Crippen molar-refractivity contribution >= 4 is 62.1 Å². The van der Waals surface area contributed by atoms with Crippen molar-refractivity contribution in [2.24, 2.45) is 0 Å². The van der Waals surface area contributed by atoms with E-state index < -0.39 is 53.2 Å². The van der Waals surface area contributed by atoms with Gasteiger partial charge in [0, 0.05) is 49.8 Å². The number of rotatable bonds is 1. The van der Waals surface area contributed by atoms with Gasteiger partial charge in [0.2, 0.25) is 0 Å². The fourth-order valence-electron chi connectivity index (χ4n) is 7.68. The van der Waals surface area contributed by atoms with Crippen LogP contribution in [0.2, 0.25) is 0 Å². The number of fused-ring (bicyclic) bond motifs is 11. The molecule has 2 aromatic heterocycles. The first kappa shape index (κ1) is 18.9. The van der Waals surface area contributed by atoms with E-state index in [4.69, 9.17) is 20.4 Å². The summed E-state index contributed by atoms with van der Waals surface area (Å²) in [5.41, 5.74) is -2.50. The zero-order valence-electron chi connectivity index (χ0n) is 44.7. The summed E-state index contributed by atoms with van der Waals surface area (Å²) < 4.78 is 160. The molecule has 0 fully saturated rings. The molecule has 2 aliphatic heterocycles. The average Bonchev–Trinajstić information content (AvgIpc) is 3.88. The summed E-state index contributed by atoms with van der Waals surface area (Å²) in [7, 11) is 0. The second-order valence-corrected chi connectivity index (χ2v) is 16.2. The van der Waals surface area contributed by atoms with E-state index in [0.29, 0.717) is 5.56 Å². The van der Waals surface area contributed by atoms with Gasteiger partial charge < -0.3 is 18.5 Å². The number of furan rings is 2. The Kier molecular flexibility index (Phi) is 3.63. The third-order valence-corrected chi connectivity index (χ3v) is 10.2. The Morgan fingerprint density at radius 3 is 2.16 bits per heavy atom. The molecule has 252 valence electrons. The lowest BCUT2D eigenvalue weighted by Gasteiger charge is -2.40. The van der Waals surface area contributed by atoms with E-state index in [1.807, 2.05) is 0 Å². The Hall–Kier alpha value is -5.16. The number of hydrogen-bond acceptors (Lipinski definition) is 4. The second-order valence-electron chi connectivity index (χ2n) is 16.2. The van der Waals surface area contributed by atoms with Crippen molar-refractivity contribution in [1.82, 2.24) is 0 Å². The molecule has 1 aliphatic carbocycles. The van der Waals surface area contributed by atoms with Crippen LogP contribution in [-0.4, -0.2) is 6.71 Å². The maximum absolute atomic E-state index is 10.3. The van der Waals surface area contributed by atoms with Gasteiger partial charge in [0.25, 0.3) is 12.7 Å². The summed E-state index contributed by atoms with van der Waals surface area (Å²) in [6.45, 7) is 14.4. The van der Waals surface area contributed by atoms with Gasteiger partial charge in [0.05, 0.1) is 20.6 Å². The van der Waals surface area contributed by atoms with Crippen molar-refractivity contribution in [3.8, 4) is 23.0 Å². The van der Waals surface area contributed by atoms with Crippen molar-refractivity contribution in [2.75, 3.05) is 4.90 Å². The molecule has 0 radical (unpaired) electrons. The highest BCUT2D eigenvalue weighted by Crippen LogP contribution is 2.53. The highest BCUT2D eigenvalue weighted by molar-refractivity contribution is 6.99. The fraction of sp³-hybridized carbons (Fsp3) is 0.261. The van der Waals surface area contributed by atoms with E-state index in [1.165, 1.54) is 11.8 Å². The van der Waals surface area contributed by atoms with E-state index in [0.717, 1.165) is 0 Å². The van der Waals surface area contributed by atoms with Gasteiger partial charge >= 0.3 is 0 Å². The average molecular weight is 683 g/mol. The van der Waals surface area contributed by atoms with Gasteiger partial charge in [-0.3, -0.25) is 0 Å². The number of anilines is 3. The minimum Gasteiger partial charge on any atom is -0.456 e. The zero-order valence-corrected chi connectivity index (χ0v) is 29.7. The topological polar surface area (TPSA) is 38.8 Å². The summed E-state index contributed by atoms with van der Waals surface area (Å²) in [5.74, 6) is -0.223. The predicted octanol–water partition coefficient (Wildman–Crippen LogP) is 10.8. The number of benzene rings is 5. The lowest BCUT2D eigenvalue weighted by Crippen LogP contribution is -2.60. The van der Waals surface area contributed by atoms with Crippen LogP contribution in [0.1, 0.15) is 104 Å². The molecule has 3 aliphatic rings. The quantitative estimate of drug-likeness (QED) is 0.162. The van der Waals surface area contributed by atoms with E-state index in [9.17, 15) is 13.7 Å². The van der Waals surface area contributed by atoms with Gasteiger partial charge in [-0.1, -0.05) is 104 Å². The van der Waals surface area contributed by atoms with E-state index in [2.05, 4.69) is 0 Å². The summed E-state index contributed by atoms with van der Waals surface area (Å²) in [6, 6.07) is -5.59. The molecule has 51 heavy (non-hydrogen) atoms. The standard InChI is InChI=1S/C46H42BNO3/c1-25-20-35-40-38(21-25)50-43-41(39-42(51-43)30-12-10-11-13-32(30)46(39,8)9)47(40)33-24-37-31(29-19-16-27(45(5,6)7)22-36(29)49-37)23-34(33)48(35)28-17-14-26(15-18-28)44(2,3)4/h10-24H,1-9H3/i10D,11D,12D,13D,14D,15D,16D,17D,18D,19D,20D,21D,22D,23D,24D. The molecule has 5 aromatic carbocycles. The summed E-state index contributed by atoms with van der Waals surface area (Å²) >= 11 is 0. The van der Waals surface area contributed by atoms with Crippen LogP contribution < -0.4 is 26.0 Å². The van der Waals surface area contributed by atoms with Gasteiger partial charge in [0.1, 0.15) is 22.7 Å². The molecular weight excluding hydrogens is 625 g/mol. The van der Waals surface area contributed by atoms with Crippen LogP contribution >= 0.6 is 0 Å². The highest BCUT2D eigenvalue weighted by Gasteiger charge is 2.51. The first-order chi connectivity index (χ1) is 30.5. The first-order valence-corrected chi connectivity index (χ1v) is 17.0.